The highest BCUT2D eigenvalue weighted by Crippen LogP contribution is 2.28. The largest absolute Gasteiger partial charge is 0.384 e. The van der Waals surface area contributed by atoms with Gasteiger partial charge in [0.15, 0.2) is 0 Å². The van der Waals surface area contributed by atoms with Gasteiger partial charge in [-0.2, -0.15) is 5.26 Å². The Morgan fingerprint density at radius 2 is 2.17 bits per heavy atom. The summed E-state index contributed by atoms with van der Waals surface area (Å²) in [6.45, 7) is 0.927. The highest BCUT2D eigenvalue weighted by molar-refractivity contribution is 6.32. The van der Waals surface area contributed by atoms with E-state index in [1.165, 1.54) is 18.2 Å². The van der Waals surface area contributed by atoms with Gasteiger partial charge in [0, 0.05) is 11.6 Å². The second-order valence-electron chi connectivity index (χ2n) is 5.51. The molecular formula is C17H18ClN3O3. The van der Waals surface area contributed by atoms with E-state index < -0.39 is 18.1 Å². The van der Waals surface area contributed by atoms with E-state index in [0.29, 0.717) is 37.2 Å². The normalized spacial score (nSPS) is 17.1. The van der Waals surface area contributed by atoms with Crippen molar-refractivity contribution in [1.29, 1.82) is 5.26 Å². The van der Waals surface area contributed by atoms with Crippen LogP contribution in [0.1, 0.15) is 18.4 Å². The lowest BCUT2D eigenvalue weighted by atomic mass is 9.80. The SMILES string of the molecule is N#Cc1ccc(NC(=O)C(O)(C#CCO)C2CCNCC2)cc1Cl. The molecule has 1 fully saturated rings. The van der Waals surface area contributed by atoms with E-state index in [1.807, 2.05) is 6.07 Å². The first-order valence-electron chi connectivity index (χ1n) is 7.56. The molecule has 1 amide bonds. The van der Waals surface area contributed by atoms with Gasteiger partial charge in [-0.1, -0.05) is 23.4 Å². The zero-order valence-electron chi connectivity index (χ0n) is 13.0. The van der Waals surface area contributed by atoms with Crippen molar-refractivity contribution < 1.29 is 15.0 Å². The lowest BCUT2D eigenvalue weighted by molar-refractivity contribution is -0.133. The summed E-state index contributed by atoms with van der Waals surface area (Å²) < 4.78 is 0. The first-order chi connectivity index (χ1) is 11.5. The van der Waals surface area contributed by atoms with E-state index in [1.54, 1.807) is 0 Å². The number of carbonyl (C=O) groups is 1. The number of aliphatic hydroxyl groups is 2. The molecule has 4 N–H and O–H groups in total. The minimum Gasteiger partial charge on any atom is -0.384 e. The number of nitrogens with one attached hydrogen (secondary N) is 2. The van der Waals surface area contributed by atoms with Gasteiger partial charge >= 0.3 is 0 Å². The summed E-state index contributed by atoms with van der Waals surface area (Å²) in [7, 11) is 0. The molecule has 2 rings (SSSR count). The van der Waals surface area contributed by atoms with Crippen LogP contribution in [0.4, 0.5) is 5.69 Å². The first kappa shape index (κ1) is 18.3. The first-order valence-corrected chi connectivity index (χ1v) is 7.94. The molecule has 0 aromatic heterocycles. The van der Waals surface area contributed by atoms with E-state index in [0.717, 1.165) is 0 Å². The van der Waals surface area contributed by atoms with Crippen LogP contribution in [0.3, 0.4) is 0 Å². The molecule has 0 radical (unpaired) electrons. The van der Waals surface area contributed by atoms with E-state index in [2.05, 4.69) is 22.5 Å². The van der Waals surface area contributed by atoms with Crippen molar-refractivity contribution >= 4 is 23.2 Å². The van der Waals surface area contributed by atoms with Crippen LogP contribution in [-0.2, 0) is 4.79 Å². The predicted molar refractivity (Wildman–Crippen MR) is 90.2 cm³/mol. The molecule has 1 aliphatic heterocycles. The number of halogens is 1. The zero-order valence-corrected chi connectivity index (χ0v) is 13.7. The van der Waals surface area contributed by atoms with E-state index >= 15 is 0 Å². The minimum atomic E-state index is -1.90. The van der Waals surface area contributed by atoms with Crippen LogP contribution < -0.4 is 10.6 Å². The molecule has 7 heteroatoms. The molecule has 126 valence electrons. The highest BCUT2D eigenvalue weighted by Gasteiger charge is 2.43. The number of rotatable bonds is 3. The number of anilines is 1. The number of amides is 1. The molecular weight excluding hydrogens is 330 g/mol. The van der Waals surface area contributed by atoms with Gasteiger partial charge < -0.3 is 20.8 Å². The van der Waals surface area contributed by atoms with Crippen LogP contribution in [0.5, 0.6) is 0 Å². The monoisotopic (exact) mass is 347 g/mol. The van der Waals surface area contributed by atoms with Crippen LogP contribution in [0.15, 0.2) is 18.2 Å². The molecule has 1 heterocycles. The highest BCUT2D eigenvalue weighted by atomic mass is 35.5. The van der Waals surface area contributed by atoms with Gasteiger partial charge in [-0.05, 0) is 44.1 Å². The van der Waals surface area contributed by atoms with Crippen LogP contribution in [-0.4, -0.2) is 41.4 Å². The molecule has 6 nitrogen and oxygen atoms in total. The third kappa shape index (κ3) is 4.05. The van der Waals surface area contributed by atoms with Gasteiger partial charge in [0.05, 0.1) is 10.6 Å². The van der Waals surface area contributed by atoms with Crippen molar-refractivity contribution in [2.24, 2.45) is 5.92 Å². The quantitative estimate of drug-likeness (QED) is 0.607. The molecule has 24 heavy (non-hydrogen) atoms. The molecule has 1 aromatic rings. The molecule has 0 saturated carbocycles. The Bertz CT molecular complexity index is 714. The van der Waals surface area contributed by atoms with Crippen LogP contribution in [0.25, 0.3) is 0 Å². The summed E-state index contributed by atoms with van der Waals surface area (Å²) in [6.07, 6.45) is 1.19. The number of hydrogen-bond acceptors (Lipinski definition) is 5. The summed E-state index contributed by atoms with van der Waals surface area (Å²) in [6, 6.07) is 6.40. The lowest BCUT2D eigenvalue weighted by Crippen LogP contribution is -2.51. The Labute approximate surface area is 145 Å². The van der Waals surface area contributed by atoms with Crippen LogP contribution in [0.2, 0.25) is 5.02 Å². The summed E-state index contributed by atoms with van der Waals surface area (Å²) in [5.41, 5.74) is -1.24. The van der Waals surface area contributed by atoms with Crippen molar-refractivity contribution in [2.75, 3.05) is 25.0 Å². The Balaban J connectivity index is 2.24. The van der Waals surface area contributed by atoms with Crippen LogP contribution >= 0.6 is 11.6 Å². The molecule has 1 atom stereocenters. The van der Waals surface area contributed by atoms with Gasteiger partial charge in [0.25, 0.3) is 5.91 Å². The van der Waals surface area contributed by atoms with Gasteiger partial charge in [-0.25, -0.2) is 0 Å². The Kier molecular flexibility index (Phi) is 6.19. The molecule has 1 unspecified atom stereocenters. The molecule has 0 aliphatic carbocycles. The summed E-state index contributed by atoms with van der Waals surface area (Å²) in [5, 5.41) is 34.6. The molecule has 1 aliphatic rings. The third-order valence-electron chi connectivity index (χ3n) is 3.98. The van der Waals surface area contributed by atoms with E-state index in [9.17, 15) is 9.90 Å². The third-order valence-corrected chi connectivity index (χ3v) is 4.29. The zero-order chi connectivity index (χ0) is 17.6. The lowest BCUT2D eigenvalue weighted by Gasteiger charge is -2.33. The summed E-state index contributed by atoms with van der Waals surface area (Å²) in [4.78, 5) is 12.6. The number of hydrogen-bond donors (Lipinski definition) is 4. The van der Waals surface area contributed by atoms with Crippen molar-refractivity contribution in [3.05, 3.63) is 28.8 Å². The second kappa shape index (κ2) is 8.14. The number of carbonyl (C=O) groups excluding carboxylic acids is 1. The maximum atomic E-state index is 12.6. The standard InChI is InChI=1S/C17H18ClN3O3/c18-15-10-14(3-2-12(15)11-19)21-16(23)17(24,6-1-9-22)13-4-7-20-8-5-13/h2-3,10,13,20,22,24H,4-5,7-9H2,(H,21,23). The number of piperidine rings is 1. The Morgan fingerprint density at radius 1 is 1.46 bits per heavy atom. The fourth-order valence-electron chi connectivity index (χ4n) is 2.67. The minimum absolute atomic E-state index is 0.210. The average molecular weight is 348 g/mol. The summed E-state index contributed by atoms with van der Waals surface area (Å²) in [5.74, 6) is 3.88. The number of nitriles is 1. The molecule has 0 bridgehead atoms. The average Bonchev–Trinajstić information content (AvgIpc) is 2.60. The van der Waals surface area contributed by atoms with Crippen molar-refractivity contribution in [3.63, 3.8) is 0 Å². The number of aliphatic hydroxyl groups excluding tert-OH is 1. The number of benzene rings is 1. The fraction of sp³-hybridized carbons (Fsp3) is 0.412. The molecule has 1 saturated heterocycles. The van der Waals surface area contributed by atoms with E-state index in [-0.39, 0.29) is 10.9 Å². The molecule has 0 spiro atoms. The Hall–Kier alpha value is -2.09. The number of nitrogens with zero attached hydrogens (tertiary/aromatic N) is 1. The predicted octanol–water partition coefficient (Wildman–Crippen LogP) is 0.877. The van der Waals surface area contributed by atoms with Gasteiger partial charge in [-0.15, -0.1) is 0 Å². The van der Waals surface area contributed by atoms with Gasteiger partial charge in [-0.3, -0.25) is 4.79 Å². The van der Waals surface area contributed by atoms with Crippen molar-refractivity contribution in [1.82, 2.24) is 5.32 Å². The topological polar surface area (TPSA) is 105 Å². The molecule has 1 aromatic carbocycles. The van der Waals surface area contributed by atoms with Gasteiger partial charge in [0.1, 0.15) is 12.7 Å². The van der Waals surface area contributed by atoms with Crippen molar-refractivity contribution in [2.45, 2.75) is 18.4 Å². The van der Waals surface area contributed by atoms with Crippen LogP contribution in [0, 0.1) is 29.1 Å². The van der Waals surface area contributed by atoms with Crippen molar-refractivity contribution in [3.8, 4) is 17.9 Å². The fourth-order valence-corrected chi connectivity index (χ4v) is 2.89. The Morgan fingerprint density at radius 3 is 2.75 bits per heavy atom. The van der Waals surface area contributed by atoms with Gasteiger partial charge in [0.2, 0.25) is 5.60 Å². The smallest absolute Gasteiger partial charge is 0.269 e. The summed E-state index contributed by atoms with van der Waals surface area (Å²) >= 11 is 5.95. The maximum Gasteiger partial charge on any atom is 0.269 e. The second-order valence-corrected chi connectivity index (χ2v) is 5.92. The maximum absolute atomic E-state index is 12.6. The van der Waals surface area contributed by atoms with E-state index in [4.69, 9.17) is 22.0 Å².